The molecule has 0 bridgehead atoms. The summed E-state index contributed by atoms with van der Waals surface area (Å²) in [6.07, 6.45) is 0. The summed E-state index contributed by atoms with van der Waals surface area (Å²) in [5.74, 6) is -1.39. The van der Waals surface area contributed by atoms with E-state index in [0.29, 0.717) is 10.7 Å². The fourth-order valence-corrected chi connectivity index (χ4v) is 2.57. The molecule has 0 atom stereocenters. The van der Waals surface area contributed by atoms with Crippen LogP contribution in [-0.4, -0.2) is 9.55 Å². The van der Waals surface area contributed by atoms with Crippen molar-refractivity contribution in [1.82, 2.24) is 9.55 Å². The molecular formula is C14H10ClF2N3. The van der Waals surface area contributed by atoms with Crippen molar-refractivity contribution in [2.45, 2.75) is 6.92 Å². The zero-order valence-corrected chi connectivity index (χ0v) is 11.2. The molecule has 2 N–H and O–H groups in total. The number of aryl methyl sites for hydroxylation is 1. The van der Waals surface area contributed by atoms with Crippen LogP contribution in [0, 0.1) is 18.6 Å². The average molecular weight is 294 g/mol. The van der Waals surface area contributed by atoms with Crippen LogP contribution in [0.1, 0.15) is 5.56 Å². The van der Waals surface area contributed by atoms with Crippen LogP contribution in [0.5, 0.6) is 0 Å². The monoisotopic (exact) mass is 293 g/mol. The minimum absolute atomic E-state index is 0.0169. The van der Waals surface area contributed by atoms with Gasteiger partial charge in [-0.25, -0.2) is 13.8 Å². The quantitative estimate of drug-likeness (QED) is 0.740. The summed E-state index contributed by atoms with van der Waals surface area (Å²) < 4.78 is 28.7. The van der Waals surface area contributed by atoms with Gasteiger partial charge in [-0.2, -0.15) is 0 Å². The van der Waals surface area contributed by atoms with Gasteiger partial charge >= 0.3 is 0 Å². The predicted molar refractivity (Wildman–Crippen MR) is 75.1 cm³/mol. The van der Waals surface area contributed by atoms with E-state index < -0.39 is 11.6 Å². The summed E-state index contributed by atoms with van der Waals surface area (Å²) in [7, 11) is 0. The molecule has 0 radical (unpaired) electrons. The van der Waals surface area contributed by atoms with E-state index in [1.165, 1.54) is 10.6 Å². The van der Waals surface area contributed by atoms with Crippen molar-refractivity contribution in [3.05, 3.63) is 52.6 Å². The Morgan fingerprint density at radius 3 is 2.70 bits per heavy atom. The largest absolute Gasteiger partial charge is 0.369 e. The van der Waals surface area contributed by atoms with Crippen LogP contribution in [-0.2, 0) is 0 Å². The second-order valence-corrected chi connectivity index (χ2v) is 4.87. The molecule has 0 amide bonds. The van der Waals surface area contributed by atoms with Gasteiger partial charge in [0, 0.05) is 12.1 Å². The van der Waals surface area contributed by atoms with Gasteiger partial charge in [-0.05, 0) is 18.6 Å². The summed E-state index contributed by atoms with van der Waals surface area (Å²) >= 11 is 6.18. The Morgan fingerprint density at radius 2 is 2.00 bits per heavy atom. The lowest BCUT2D eigenvalue weighted by Gasteiger charge is -2.12. The number of imidazole rings is 1. The minimum Gasteiger partial charge on any atom is -0.369 e. The first-order chi connectivity index (χ1) is 9.49. The predicted octanol–water partition coefficient (Wildman–Crippen LogP) is 3.85. The maximum Gasteiger partial charge on any atom is 0.206 e. The summed E-state index contributed by atoms with van der Waals surface area (Å²) in [6, 6.07) is 7.27. The number of hydrogen-bond donors (Lipinski definition) is 1. The van der Waals surface area contributed by atoms with Crippen LogP contribution in [0.15, 0.2) is 30.3 Å². The number of nitrogens with zero attached hydrogens (tertiary/aromatic N) is 2. The van der Waals surface area contributed by atoms with Crippen molar-refractivity contribution >= 4 is 28.6 Å². The number of rotatable bonds is 1. The Kier molecular flexibility index (Phi) is 2.87. The number of hydrogen-bond acceptors (Lipinski definition) is 2. The van der Waals surface area contributed by atoms with E-state index in [4.69, 9.17) is 17.3 Å². The number of fused-ring (bicyclic) bond motifs is 1. The molecule has 0 fully saturated rings. The zero-order valence-electron chi connectivity index (χ0n) is 10.5. The Balaban J connectivity index is 2.45. The summed E-state index contributed by atoms with van der Waals surface area (Å²) in [5, 5.41) is 0.431. The molecule has 0 aliphatic heterocycles. The third-order valence-electron chi connectivity index (χ3n) is 3.12. The lowest BCUT2D eigenvalue weighted by molar-refractivity contribution is 0.590. The number of benzene rings is 2. The van der Waals surface area contributed by atoms with E-state index in [1.54, 1.807) is 12.1 Å². The molecule has 0 aliphatic carbocycles. The lowest BCUT2D eigenvalue weighted by Crippen LogP contribution is -2.03. The molecule has 3 rings (SSSR count). The van der Waals surface area contributed by atoms with Crippen LogP contribution >= 0.6 is 11.6 Å². The average Bonchev–Trinajstić information content (AvgIpc) is 2.67. The number of nitrogens with two attached hydrogens (primary N) is 1. The van der Waals surface area contributed by atoms with Gasteiger partial charge in [0.2, 0.25) is 5.95 Å². The van der Waals surface area contributed by atoms with E-state index >= 15 is 0 Å². The lowest BCUT2D eigenvalue weighted by atomic mass is 10.2. The topological polar surface area (TPSA) is 43.8 Å². The smallest absolute Gasteiger partial charge is 0.206 e. The molecule has 102 valence electrons. The molecule has 0 saturated carbocycles. The van der Waals surface area contributed by atoms with Crippen molar-refractivity contribution in [2.75, 3.05) is 5.73 Å². The van der Waals surface area contributed by atoms with E-state index in [0.717, 1.165) is 11.6 Å². The molecule has 2 aromatic carbocycles. The molecular weight excluding hydrogens is 284 g/mol. The molecule has 20 heavy (non-hydrogen) atoms. The van der Waals surface area contributed by atoms with Crippen LogP contribution in [0.25, 0.3) is 16.7 Å². The number of aromatic nitrogens is 2. The summed E-state index contributed by atoms with van der Waals surface area (Å²) in [6.45, 7) is 1.84. The zero-order chi connectivity index (χ0) is 14.4. The molecule has 0 spiro atoms. The third-order valence-corrected chi connectivity index (χ3v) is 3.42. The van der Waals surface area contributed by atoms with Gasteiger partial charge in [0.15, 0.2) is 5.82 Å². The first-order valence-electron chi connectivity index (χ1n) is 5.87. The first-order valence-corrected chi connectivity index (χ1v) is 6.25. The fraction of sp³-hybridized carbons (Fsp3) is 0.0714. The van der Waals surface area contributed by atoms with Gasteiger partial charge in [-0.15, -0.1) is 0 Å². The third kappa shape index (κ3) is 1.82. The van der Waals surface area contributed by atoms with Gasteiger partial charge in [-0.1, -0.05) is 23.7 Å². The van der Waals surface area contributed by atoms with Crippen LogP contribution < -0.4 is 5.73 Å². The molecule has 0 saturated heterocycles. The number of halogens is 3. The van der Waals surface area contributed by atoms with Crippen molar-refractivity contribution in [3.63, 3.8) is 0 Å². The SMILES string of the molecule is Cc1cccc(Cl)c1-n1c(N)nc2c(F)cc(F)cc21. The highest BCUT2D eigenvalue weighted by molar-refractivity contribution is 6.32. The highest BCUT2D eigenvalue weighted by Crippen LogP contribution is 2.31. The Hall–Kier alpha value is -2.14. The second-order valence-electron chi connectivity index (χ2n) is 4.47. The highest BCUT2D eigenvalue weighted by Gasteiger charge is 2.18. The van der Waals surface area contributed by atoms with E-state index in [-0.39, 0.29) is 17.0 Å². The van der Waals surface area contributed by atoms with Gasteiger partial charge in [-0.3, -0.25) is 4.57 Å². The minimum atomic E-state index is -0.754. The summed E-state index contributed by atoms with van der Waals surface area (Å²) in [4.78, 5) is 3.95. The van der Waals surface area contributed by atoms with Gasteiger partial charge in [0.1, 0.15) is 11.3 Å². The second kappa shape index (κ2) is 4.45. The number of anilines is 1. The molecule has 1 aromatic heterocycles. The van der Waals surface area contributed by atoms with Gasteiger partial charge < -0.3 is 5.73 Å². The van der Waals surface area contributed by atoms with Crippen LogP contribution in [0.2, 0.25) is 5.02 Å². The van der Waals surface area contributed by atoms with Crippen molar-refractivity contribution in [1.29, 1.82) is 0 Å². The molecule has 1 heterocycles. The van der Waals surface area contributed by atoms with Crippen molar-refractivity contribution in [3.8, 4) is 5.69 Å². The van der Waals surface area contributed by atoms with E-state index in [1.807, 2.05) is 13.0 Å². The van der Waals surface area contributed by atoms with Crippen molar-refractivity contribution in [2.24, 2.45) is 0 Å². The summed E-state index contributed by atoms with van der Waals surface area (Å²) in [5.41, 5.74) is 7.51. The maximum atomic E-state index is 13.8. The Bertz CT molecular complexity index is 807. The molecule has 0 aliphatic rings. The molecule has 6 heteroatoms. The number of para-hydroxylation sites is 1. The molecule has 0 unspecified atom stereocenters. The Morgan fingerprint density at radius 1 is 1.25 bits per heavy atom. The molecule has 3 nitrogen and oxygen atoms in total. The van der Waals surface area contributed by atoms with E-state index in [2.05, 4.69) is 4.98 Å². The highest BCUT2D eigenvalue weighted by atomic mass is 35.5. The standard InChI is InChI=1S/C14H10ClF2N3/c1-7-3-2-4-9(15)13(7)20-11-6-8(16)5-10(17)12(11)19-14(20)18/h2-6H,1H3,(H2,18,19). The fourth-order valence-electron chi connectivity index (χ4n) is 2.26. The van der Waals surface area contributed by atoms with Crippen LogP contribution in [0.4, 0.5) is 14.7 Å². The van der Waals surface area contributed by atoms with Gasteiger partial charge in [0.05, 0.1) is 16.2 Å². The molecule has 3 aromatic rings. The Labute approximate surface area is 118 Å². The normalized spacial score (nSPS) is 11.2. The first kappa shape index (κ1) is 12.9. The van der Waals surface area contributed by atoms with Crippen LogP contribution in [0.3, 0.4) is 0 Å². The van der Waals surface area contributed by atoms with Crippen molar-refractivity contribution < 1.29 is 8.78 Å². The van der Waals surface area contributed by atoms with E-state index in [9.17, 15) is 8.78 Å². The number of nitrogen functional groups attached to an aromatic ring is 1. The van der Waals surface area contributed by atoms with Gasteiger partial charge in [0.25, 0.3) is 0 Å². The maximum absolute atomic E-state index is 13.8.